The van der Waals surface area contributed by atoms with Crippen LogP contribution in [0.5, 0.6) is 0 Å². The summed E-state index contributed by atoms with van der Waals surface area (Å²) in [6.07, 6.45) is 1.20. The molecular formula is C15H24FN3. The highest BCUT2D eigenvalue weighted by atomic mass is 19.1. The Morgan fingerprint density at radius 3 is 2.42 bits per heavy atom. The lowest BCUT2D eigenvalue weighted by Gasteiger charge is -2.34. The predicted molar refractivity (Wildman–Crippen MR) is 76.3 cm³/mol. The van der Waals surface area contributed by atoms with Crippen molar-refractivity contribution < 1.29 is 4.39 Å². The van der Waals surface area contributed by atoms with E-state index in [0.29, 0.717) is 13.1 Å². The minimum atomic E-state index is -0.126. The maximum atomic E-state index is 13.9. The average molecular weight is 265 g/mol. The number of hydrogen-bond acceptors (Lipinski definition) is 3. The van der Waals surface area contributed by atoms with E-state index >= 15 is 0 Å². The van der Waals surface area contributed by atoms with Crippen molar-refractivity contribution in [3.05, 3.63) is 35.1 Å². The molecule has 2 rings (SSSR count). The van der Waals surface area contributed by atoms with E-state index in [1.807, 2.05) is 12.1 Å². The van der Waals surface area contributed by atoms with Gasteiger partial charge in [-0.15, -0.1) is 0 Å². The second-order valence-corrected chi connectivity index (χ2v) is 5.25. The first kappa shape index (κ1) is 14.4. The zero-order valence-electron chi connectivity index (χ0n) is 11.7. The molecule has 0 radical (unpaired) electrons. The molecule has 0 unspecified atom stereocenters. The molecule has 3 nitrogen and oxygen atoms in total. The summed E-state index contributed by atoms with van der Waals surface area (Å²) >= 11 is 0. The standard InChI is InChI=1S/C15H24FN3/c1-2-5-18-6-8-19(9-7-18)12-14-4-3-13(11-17)10-15(14)16/h3-4,10H,2,5-9,11-12,17H2,1H3. The molecule has 1 aliphatic rings. The summed E-state index contributed by atoms with van der Waals surface area (Å²) in [4.78, 5) is 4.80. The van der Waals surface area contributed by atoms with Gasteiger partial charge in [-0.3, -0.25) is 4.90 Å². The molecule has 0 amide bonds. The number of nitrogens with zero attached hydrogens (tertiary/aromatic N) is 2. The summed E-state index contributed by atoms with van der Waals surface area (Å²) in [6.45, 7) is 8.72. The fraction of sp³-hybridized carbons (Fsp3) is 0.600. The van der Waals surface area contributed by atoms with Gasteiger partial charge in [0.05, 0.1) is 0 Å². The normalized spacial score (nSPS) is 17.8. The van der Waals surface area contributed by atoms with Crippen molar-refractivity contribution in [2.24, 2.45) is 5.73 Å². The molecule has 1 heterocycles. The van der Waals surface area contributed by atoms with Crippen molar-refractivity contribution in [1.82, 2.24) is 9.80 Å². The zero-order valence-corrected chi connectivity index (χ0v) is 11.7. The summed E-state index contributed by atoms with van der Waals surface area (Å²) < 4.78 is 13.9. The van der Waals surface area contributed by atoms with Crippen LogP contribution in [0, 0.1) is 5.82 Å². The predicted octanol–water partition coefficient (Wildman–Crippen LogP) is 1.81. The van der Waals surface area contributed by atoms with Crippen molar-refractivity contribution in [2.45, 2.75) is 26.4 Å². The van der Waals surface area contributed by atoms with Gasteiger partial charge in [0.15, 0.2) is 0 Å². The van der Waals surface area contributed by atoms with E-state index in [1.165, 1.54) is 13.0 Å². The lowest BCUT2D eigenvalue weighted by Crippen LogP contribution is -2.46. The highest BCUT2D eigenvalue weighted by Crippen LogP contribution is 2.14. The molecule has 19 heavy (non-hydrogen) atoms. The Labute approximate surface area is 115 Å². The van der Waals surface area contributed by atoms with Crippen molar-refractivity contribution >= 4 is 0 Å². The quantitative estimate of drug-likeness (QED) is 0.881. The molecule has 0 aliphatic carbocycles. The lowest BCUT2D eigenvalue weighted by atomic mass is 10.1. The monoisotopic (exact) mass is 265 g/mol. The first-order valence-corrected chi connectivity index (χ1v) is 7.15. The number of benzene rings is 1. The van der Waals surface area contributed by atoms with E-state index in [1.54, 1.807) is 6.07 Å². The van der Waals surface area contributed by atoms with Gasteiger partial charge in [-0.05, 0) is 24.6 Å². The van der Waals surface area contributed by atoms with E-state index < -0.39 is 0 Å². The smallest absolute Gasteiger partial charge is 0.128 e. The molecule has 0 saturated carbocycles. The molecule has 0 bridgehead atoms. The first-order chi connectivity index (χ1) is 9.22. The van der Waals surface area contributed by atoms with Crippen LogP contribution in [0.2, 0.25) is 0 Å². The van der Waals surface area contributed by atoms with E-state index in [4.69, 9.17) is 5.73 Å². The van der Waals surface area contributed by atoms with Gasteiger partial charge in [-0.2, -0.15) is 0 Å². The third-order valence-corrected chi connectivity index (χ3v) is 3.75. The van der Waals surface area contributed by atoms with Crippen LogP contribution in [0.25, 0.3) is 0 Å². The highest BCUT2D eigenvalue weighted by molar-refractivity contribution is 5.24. The third-order valence-electron chi connectivity index (χ3n) is 3.75. The van der Waals surface area contributed by atoms with Gasteiger partial charge < -0.3 is 10.6 Å². The van der Waals surface area contributed by atoms with Crippen molar-refractivity contribution in [1.29, 1.82) is 0 Å². The van der Waals surface area contributed by atoms with E-state index in [0.717, 1.165) is 37.3 Å². The Morgan fingerprint density at radius 2 is 1.84 bits per heavy atom. The molecule has 0 atom stereocenters. The van der Waals surface area contributed by atoms with Crippen LogP contribution in [-0.2, 0) is 13.1 Å². The Bertz CT molecular complexity index is 400. The van der Waals surface area contributed by atoms with Crippen molar-refractivity contribution in [2.75, 3.05) is 32.7 Å². The molecule has 106 valence electrons. The molecule has 0 spiro atoms. The number of halogens is 1. The summed E-state index contributed by atoms with van der Waals surface area (Å²) in [5, 5.41) is 0. The van der Waals surface area contributed by atoms with Gasteiger partial charge >= 0.3 is 0 Å². The minimum Gasteiger partial charge on any atom is -0.326 e. The molecule has 1 fully saturated rings. The van der Waals surface area contributed by atoms with Gasteiger partial charge in [0.2, 0.25) is 0 Å². The first-order valence-electron chi connectivity index (χ1n) is 7.15. The number of piperazine rings is 1. The Kier molecular flexibility index (Phi) is 5.31. The van der Waals surface area contributed by atoms with Crippen LogP contribution < -0.4 is 5.73 Å². The lowest BCUT2D eigenvalue weighted by molar-refractivity contribution is 0.126. The number of rotatable bonds is 5. The number of nitrogens with two attached hydrogens (primary N) is 1. The summed E-state index contributed by atoms with van der Waals surface area (Å²) in [7, 11) is 0. The number of hydrogen-bond donors (Lipinski definition) is 1. The van der Waals surface area contributed by atoms with E-state index in [9.17, 15) is 4.39 Å². The van der Waals surface area contributed by atoms with Crippen LogP contribution in [0.15, 0.2) is 18.2 Å². The van der Waals surface area contributed by atoms with Gasteiger partial charge in [-0.1, -0.05) is 19.1 Å². The summed E-state index contributed by atoms with van der Waals surface area (Å²) in [5.74, 6) is -0.126. The fourth-order valence-electron chi connectivity index (χ4n) is 2.57. The average Bonchev–Trinajstić information content (AvgIpc) is 2.43. The third kappa shape index (κ3) is 4.00. The van der Waals surface area contributed by atoms with Crippen LogP contribution in [0.1, 0.15) is 24.5 Å². The van der Waals surface area contributed by atoms with Crippen LogP contribution in [0.4, 0.5) is 4.39 Å². The Balaban J connectivity index is 1.88. The van der Waals surface area contributed by atoms with Gasteiger partial charge in [0.1, 0.15) is 5.82 Å². The SMILES string of the molecule is CCCN1CCN(Cc2ccc(CN)cc2F)CC1. The molecule has 1 aromatic rings. The molecule has 4 heteroatoms. The Hall–Kier alpha value is -0.970. The summed E-state index contributed by atoms with van der Waals surface area (Å²) in [6, 6.07) is 5.35. The van der Waals surface area contributed by atoms with E-state index in [-0.39, 0.29) is 5.82 Å². The maximum Gasteiger partial charge on any atom is 0.128 e. The second kappa shape index (κ2) is 6.98. The molecule has 1 aromatic carbocycles. The molecule has 2 N–H and O–H groups in total. The minimum absolute atomic E-state index is 0.126. The van der Waals surface area contributed by atoms with Crippen molar-refractivity contribution in [3.63, 3.8) is 0 Å². The summed E-state index contributed by atoms with van der Waals surface area (Å²) in [5.41, 5.74) is 7.15. The van der Waals surface area contributed by atoms with Crippen LogP contribution in [-0.4, -0.2) is 42.5 Å². The topological polar surface area (TPSA) is 32.5 Å². The molecule has 1 aliphatic heterocycles. The van der Waals surface area contributed by atoms with E-state index in [2.05, 4.69) is 16.7 Å². The van der Waals surface area contributed by atoms with Crippen LogP contribution in [0.3, 0.4) is 0 Å². The van der Waals surface area contributed by atoms with Gasteiger partial charge in [0.25, 0.3) is 0 Å². The molecule has 0 aromatic heterocycles. The highest BCUT2D eigenvalue weighted by Gasteiger charge is 2.17. The molecular weight excluding hydrogens is 241 g/mol. The van der Waals surface area contributed by atoms with Gasteiger partial charge in [-0.25, -0.2) is 4.39 Å². The fourth-order valence-corrected chi connectivity index (χ4v) is 2.57. The molecule has 1 saturated heterocycles. The largest absolute Gasteiger partial charge is 0.326 e. The zero-order chi connectivity index (χ0) is 13.7. The Morgan fingerprint density at radius 1 is 1.16 bits per heavy atom. The maximum absolute atomic E-state index is 13.9. The van der Waals surface area contributed by atoms with Gasteiger partial charge in [0, 0.05) is 44.8 Å². The van der Waals surface area contributed by atoms with Crippen molar-refractivity contribution in [3.8, 4) is 0 Å². The second-order valence-electron chi connectivity index (χ2n) is 5.25. The van der Waals surface area contributed by atoms with Crippen LogP contribution >= 0.6 is 0 Å².